The van der Waals surface area contributed by atoms with Gasteiger partial charge in [-0.25, -0.2) is 0 Å². The summed E-state index contributed by atoms with van der Waals surface area (Å²) in [6.45, 7) is -0.0660. The molecule has 1 amide bonds. The first-order chi connectivity index (χ1) is 9.59. The van der Waals surface area contributed by atoms with E-state index in [1.54, 1.807) is 30.1 Å². The van der Waals surface area contributed by atoms with E-state index in [1.807, 2.05) is 6.07 Å². The molecule has 110 valence electrons. The van der Waals surface area contributed by atoms with Gasteiger partial charge in [0.2, 0.25) is 0 Å². The molecule has 1 aromatic carbocycles. The number of nitrogens with zero attached hydrogens (tertiary/aromatic N) is 1. The quantitative estimate of drug-likeness (QED) is 0.929. The maximum atomic E-state index is 12.1. The normalized spacial score (nSPS) is 22.4. The second-order valence-electron chi connectivity index (χ2n) is 5.14. The molecule has 1 fully saturated rings. The van der Waals surface area contributed by atoms with Gasteiger partial charge >= 0.3 is 0 Å². The molecule has 1 aliphatic rings. The highest BCUT2D eigenvalue weighted by atomic mass is 35.5. The lowest BCUT2D eigenvalue weighted by molar-refractivity contribution is -0.137. The minimum absolute atomic E-state index is 0.0660. The number of amides is 1. The summed E-state index contributed by atoms with van der Waals surface area (Å²) in [7, 11) is 1.72. The van der Waals surface area contributed by atoms with E-state index in [2.05, 4.69) is 0 Å². The number of carbonyl (C=O) groups is 1. The van der Waals surface area contributed by atoms with Crippen LogP contribution in [0.15, 0.2) is 24.3 Å². The summed E-state index contributed by atoms with van der Waals surface area (Å²) in [5.74, 6) is 0.357. The Labute approximate surface area is 124 Å². The standard InChI is InChI=1S/C15H20ClNO3/c1-17(12-7-3-4-8-13(12)18)15(19)10-20-14-9-5-2-6-11(14)16/h2,5-6,9,12-13,18H,3-4,7-8,10H2,1H3. The van der Waals surface area contributed by atoms with Crippen LogP contribution in [0.1, 0.15) is 25.7 Å². The number of likely N-dealkylation sites (N-methyl/N-ethyl adjacent to an activating group) is 1. The average Bonchev–Trinajstić information content (AvgIpc) is 2.46. The number of rotatable bonds is 4. The fourth-order valence-corrected chi connectivity index (χ4v) is 2.72. The molecule has 4 nitrogen and oxygen atoms in total. The second kappa shape index (κ2) is 6.95. The number of aliphatic hydroxyl groups is 1. The number of halogens is 1. The van der Waals surface area contributed by atoms with Crippen LogP contribution >= 0.6 is 11.6 Å². The number of carbonyl (C=O) groups excluding carboxylic acids is 1. The predicted molar refractivity (Wildman–Crippen MR) is 78.0 cm³/mol. The van der Waals surface area contributed by atoms with Gasteiger partial charge in [-0.15, -0.1) is 0 Å². The van der Waals surface area contributed by atoms with Crippen molar-refractivity contribution in [3.05, 3.63) is 29.3 Å². The van der Waals surface area contributed by atoms with Gasteiger partial charge in [0.1, 0.15) is 5.75 Å². The summed E-state index contributed by atoms with van der Waals surface area (Å²) in [5.41, 5.74) is 0. The molecule has 2 atom stereocenters. The Morgan fingerprint density at radius 2 is 2.10 bits per heavy atom. The van der Waals surface area contributed by atoms with E-state index >= 15 is 0 Å². The number of benzene rings is 1. The van der Waals surface area contributed by atoms with Crippen LogP contribution in [0.2, 0.25) is 5.02 Å². The van der Waals surface area contributed by atoms with Gasteiger partial charge in [0, 0.05) is 7.05 Å². The van der Waals surface area contributed by atoms with Crippen molar-refractivity contribution in [3.8, 4) is 5.75 Å². The summed E-state index contributed by atoms with van der Waals surface area (Å²) >= 11 is 5.97. The zero-order chi connectivity index (χ0) is 14.5. The Balaban J connectivity index is 1.89. The maximum Gasteiger partial charge on any atom is 0.260 e. The van der Waals surface area contributed by atoms with Gasteiger partial charge in [0.25, 0.3) is 5.91 Å². The van der Waals surface area contributed by atoms with Crippen molar-refractivity contribution < 1.29 is 14.6 Å². The lowest BCUT2D eigenvalue weighted by Crippen LogP contribution is -2.47. The van der Waals surface area contributed by atoms with Crippen molar-refractivity contribution in [2.75, 3.05) is 13.7 Å². The number of aliphatic hydroxyl groups excluding tert-OH is 1. The Hall–Kier alpha value is -1.26. The lowest BCUT2D eigenvalue weighted by atomic mass is 9.91. The number of hydrogen-bond donors (Lipinski definition) is 1. The third kappa shape index (κ3) is 3.64. The Morgan fingerprint density at radius 1 is 1.40 bits per heavy atom. The summed E-state index contributed by atoms with van der Waals surface area (Å²) < 4.78 is 5.44. The summed E-state index contributed by atoms with van der Waals surface area (Å²) in [5, 5.41) is 10.4. The van der Waals surface area contributed by atoms with E-state index in [4.69, 9.17) is 16.3 Å². The van der Waals surface area contributed by atoms with Crippen LogP contribution < -0.4 is 4.74 Å². The minimum Gasteiger partial charge on any atom is -0.482 e. The summed E-state index contributed by atoms with van der Waals surface area (Å²) in [6, 6.07) is 6.95. The van der Waals surface area contributed by atoms with Gasteiger partial charge < -0.3 is 14.7 Å². The number of hydrogen-bond acceptors (Lipinski definition) is 3. The summed E-state index contributed by atoms with van der Waals surface area (Å²) in [6.07, 6.45) is 3.24. The topological polar surface area (TPSA) is 49.8 Å². The van der Waals surface area contributed by atoms with Gasteiger partial charge in [-0.1, -0.05) is 36.6 Å². The highest BCUT2D eigenvalue weighted by Gasteiger charge is 2.29. The van der Waals surface area contributed by atoms with Crippen molar-refractivity contribution in [1.82, 2.24) is 4.90 Å². The molecule has 1 saturated carbocycles. The molecular weight excluding hydrogens is 278 g/mol. The Bertz CT molecular complexity index is 466. The number of ether oxygens (including phenoxy) is 1. The van der Waals surface area contributed by atoms with Crippen molar-refractivity contribution in [2.24, 2.45) is 0 Å². The molecule has 5 heteroatoms. The highest BCUT2D eigenvalue weighted by Crippen LogP contribution is 2.24. The van der Waals surface area contributed by atoms with Crippen LogP contribution in [0.25, 0.3) is 0 Å². The van der Waals surface area contributed by atoms with Gasteiger partial charge in [-0.2, -0.15) is 0 Å². The molecule has 0 saturated heterocycles. The zero-order valence-corrected chi connectivity index (χ0v) is 12.3. The van der Waals surface area contributed by atoms with Crippen molar-refractivity contribution in [1.29, 1.82) is 0 Å². The molecule has 0 bridgehead atoms. The van der Waals surface area contributed by atoms with Crippen molar-refractivity contribution in [2.45, 2.75) is 37.8 Å². The fraction of sp³-hybridized carbons (Fsp3) is 0.533. The molecule has 0 radical (unpaired) electrons. The molecule has 1 aliphatic carbocycles. The van der Waals surface area contributed by atoms with Crippen molar-refractivity contribution in [3.63, 3.8) is 0 Å². The fourth-order valence-electron chi connectivity index (χ4n) is 2.53. The van der Waals surface area contributed by atoms with Crippen LogP contribution in [-0.4, -0.2) is 41.7 Å². The Morgan fingerprint density at radius 3 is 2.80 bits per heavy atom. The van der Waals surface area contributed by atoms with E-state index in [9.17, 15) is 9.90 Å². The van der Waals surface area contributed by atoms with E-state index in [0.717, 1.165) is 25.7 Å². The van der Waals surface area contributed by atoms with Gasteiger partial charge in [-0.05, 0) is 25.0 Å². The molecule has 20 heavy (non-hydrogen) atoms. The van der Waals surface area contributed by atoms with Gasteiger partial charge in [0.15, 0.2) is 6.61 Å². The van der Waals surface area contributed by atoms with Crippen LogP contribution in [0.3, 0.4) is 0 Å². The van der Waals surface area contributed by atoms with Crippen molar-refractivity contribution >= 4 is 17.5 Å². The first-order valence-electron chi connectivity index (χ1n) is 6.90. The predicted octanol–water partition coefficient (Wildman–Crippen LogP) is 2.48. The van der Waals surface area contributed by atoms with Crippen LogP contribution in [0.4, 0.5) is 0 Å². The highest BCUT2D eigenvalue weighted by molar-refractivity contribution is 6.32. The smallest absolute Gasteiger partial charge is 0.260 e. The van der Waals surface area contributed by atoms with Gasteiger partial charge in [0.05, 0.1) is 17.2 Å². The minimum atomic E-state index is -0.432. The third-order valence-corrected chi connectivity index (χ3v) is 4.08. The molecule has 2 unspecified atom stereocenters. The van der Waals surface area contributed by atoms with Gasteiger partial charge in [-0.3, -0.25) is 4.79 Å². The second-order valence-corrected chi connectivity index (χ2v) is 5.55. The lowest BCUT2D eigenvalue weighted by Gasteiger charge is -2.35. The largest absolute Gasteiger partial charge is 0.482 e. The molecule has 0 heterocycles. The average molecular weight is 298 g/mol. The van der Waals surface area contributed by atoms with E-state index in [-0.39, 0.29) is 18.6 Å². The van der Waals surface area contributed by atoms with E-state index < -0.39 is 6.10 Å². The summed E-state index contributed by atoms with van der Waals surface area (Å²) in [4.78, 5) is 13.7. The molecule has 1 N–H and O–H groups in total. The molecule has 0 aliphatic heterocycles. The van der Waals surface area contributed by atoms with Crippen LogP contribution in [-0.2, 0) is 4.79 Å². The third-order valence-electron chi connectivity index (χ3n) is 3.77. The maximum absolute atomic E-state index is 12.1. The zero-order valence-electron chi connectivity index (χ0n) is 11.6. The first-order valence-corrected chi connectivity index (χ1v) is 7.28. The molecule has 0 aromatic heterocycles. The Kier molecular flexibility index (Phi) is 5.26. The first kappa shape index (κ1) is 15.1. The van der Waals surface area contributed by atoms with E-state index in [1.165, 1.54) is 0 Å². The monoisotopic (exact) mass is 297 g/mol. The molecule has 1 aromatic rings. The molecular formula is C15H20ClNO3. The number of para-hydroxylation sites is 1. The SMILES string of the molecule is CN(C(=O)COc1ccccc1Cl)C1CCCCC1O. The van der Waals surface area contributed by atoms with Crippen LogP contribution in [0, 0.1) is 0 Å². The van der Waals surface area contributed by atoms with E-state index in [0.29, 0.717) is 10.8 Å². The van der Waals surface area contributed by atoms with Crippen LogP contribution in [0.5, 0.6) is 5.75 Å². The molecule has 0 spiro atoms. The molecule has 2 rings (SSSR count).